The van der Waals surface area contributed by atoms with Crippen LogP contribution in [-0.4, -0.2) is 62.3 Å². The number of sulfonamides is 1. The third-order valence-corrected chi connectivity index (χ3v) is 8.99. The Hall–Kier alpha value is -2.27. The standard InChI is InChI=1S/C23H31N3O5S2/c1-6-26-13-12-18-19(14-26)32-22(20(18)23(28)31-7-2)24-21(27)16-8-10-17(11-9-16)33(29,30)25(5)15(3)4/h8-11,15H,6-7,12-14H2,1-5H3,(H,24,27). The van der Waals surface area contributed by atoms with Crippen molar-refractivity contribution in [3.63, 3.8) is 0 Å². The lowest BCUT2D eigenvalue weighted by atomic mass is 10.0. The van der Waals surface area contributed by atoms with Crippen molar-refractivity contribution in [2.75, 3.05) is 32.1 Å². The maximum absolute atomic E-state index is 13.0. The molecule has 33 heavy (non-hydrogen) atoms. The fraction of sp³-hybridized carbons (Fsp3) is 0.478. The Kier molecular flexibility index (Phi) is 7.94. The number of hydrogen-bond donors (Lipinski definition) is 1. The summed E-state index contributed by atoms with van der Waals surface area (Å²) in [4.78, 5) is 29.1. The minimum Gasteiger partial charge on any atom is -0.462 e. The molecule has 3 rings (SSSR count). The van der Waals surface area contributed by atoms with Crippen molar-refractivity contribution in [1.82, 2.24) is 9.21 Å². The van der Waals surface area contributed by atoms with Gasteiger partial charge in [0.15, 0.2) is 0 Å². The monoisotopic (exact) mass is 493 g/mol. The van der Waals surface area contributed by atoms with E-state index in [4.69, 9.17) is 4.74 Å². The quantitative estimate of drug-likeness (QED) is 0.565. The predicted octanol–water partition coefficient (Wildman–Crippen LogP) is 3.58. The number of nitrogens with zero attached hydrogens (tertiary/aromatic N) is 2. The van der Waals surface area contributed by atoms with E-state index in [1.807, 2.05) is 0 Å². The van der Waals surface area contributed by atoms with E-state index in [2.05, 4.69) is 17.1 Å². The maximum Gasteiger partial charge on any atom is 0.341 e. The van der Waals surface area contributed by atoms with Gasteiger partial charge in [-0.3, -0.25) is 9.69 Å². The Labute approximate surface area is 199 Å². The van der Waals surface area contributed by atoms with Gasteiger partial charge < -0.3 is 10.1 Å². The zero-order valence-electron chi connectivity index (χ0n) is 19.7. The number of carbonyl (C=O) groups is 2. The van der Waals surface area contributed by atoms with Gasteiger partial charge in [-0.2, -0.15) is 4.31 Å². The number of esters is 1. The molecule has 1 aromatic heterocycles. The van der Waals surface area contributed by atoms with E-state index in [1.54, 1.807) is 20.8 Å². The second-order valence-corrected chi connectivity index (χ2v) is 11.2. The van der Waals surface area contributed by atoms with Gasteiger partial charge in [-0.15, -0.1) is 11.3 Å². The van der Waals surface area contributed by atoms with Crippen molar-refractivity contribution in [1.29, 1.82) is 0 Å². The van der Waals surface area contributed by atoms with Crippen LogP contribution in [0.5, 0.6) is 0 Å². The Morgan fingerprint density at radius 3 is 2.45 bits per heavy atom. The van der Waals surface area contributed by atoms with Gasteiger partial charge in [0.05, 0.1) is 17.1 Å². The number of carbonyl (C=O) groups excluding carboxylic acids is 2. The molecule has 1 aliphatic rings. The molecule has 1 N–H and O–H groups in total. The van der Waals surface area contributed by atoms with E-state index in [9.17, 15) is 18.0 Å². The number of amides is 1. The van der Waals surface area contributed by atoms with E-state index in [0.29, 0.717) is 16.1 Å². The Morgan fingerprint density at radius 1 is 1.21 bits per heavy atom. The maximum atomic E-state index is 13.0. The van der Waals surface area contributed by atoms with Crippen LogP contribution < -0.4 is 5.32 Å². The highest BCUT2D eigenvalue weighted by molar-refractivity contribution is 7.89. The molecule has 0 fully saturated rings. The lowest BCUT2D eigenvalue weighted by Crippen LogP contribution is -2.33. The zero-order valence-corrected chi connectivity index (χ0v) is 21.3. The number of likely N-dealkylation sites (N-methyl/N-ethyl adjacent to an activating group) is 1. The summed E-state index contributed by atoms with van der Waals surface area (Å²) in [5.41, 5.74) is 1.67. The van der Waals surface area contributed by atoms with Crippen LogP contribution in [0.3, 0.4) is 0 Å². The molecule has 0 radical (unpaired) electrons. The summed E-state index contributed by atoms with van der Waals surface area (Å²) in [6, 6.07) is 5.62. The van der Waals surface area contributed by atoms with Crippen molar-refractivity contribution < 1.29 is 22.7 Å². The van der Waals surface area contributed by atoms with Crippen molar-refractivity contribution in [2.45, 2.75) is 51.6 Å². The lowest BCUT2D eigenvalue weighted by Gasteiger charge is -2.25. The van der Waals surface area contributed by atoms with Gasteiger partial charge in [-0.05, 0) is 63.6 Å². The van der Waals surface area contributed by atoms with E-state index in [1.165, 1.54) is 47.0 Å². The van der Waals surface area contributed by atoms with Gasteiger partial charge >= 0.3 is 5.97 Å². The van der Waals surface area contributed by atoms with E-state index in [0.717, 1.165) is 36.5 Å². The molecule has 2 heterocycles. The number of ether oxygens (including phenoxy) is 1. The number of anilines is 1. The Bertz CT molecular complexity index is 1120. The van der Waals surface area contributed by atoms with Gasteiger partial charge in [-0.25, -0.2) is 13.2 Å². The molecule has 1 amide bonds. The Balaban J connectivity index is 1.87. The van der Waals surface area contributed by atoms with E-state index >= 15 is 0 Å². The highest BCUT2D eigenvalue weighted by Crippen LogP contribution is 2.38. The minimum absolute atomic E-state index is 0.119. The summed E-state index contributed by atoms with van der Waals surface area (Å²) in [6.45, 7) is 10.2. The van der Waals surface area contributed by atoms with Gasteiger partial charge in [0.25, 0.3) is 5.91 Å². The number of rotatable bonds is 8. The average molecular weight is 494 g/mol. The van der Waals surface area contributed by atoms with Crippen molar-refractivity contribution >= 4 is 38.2 Å². The fourth-order valence-corrected chi connectivity index (χ4v) is 6.27. The molecule has 0 bridgehead atoms. The molecular formula is C23H31N3O5S2. The van der Waals surface area contributed by atoms with Gasteiger partial charge in [0, 0.05) is 36.6 Å². The van der Waals surface area contributed by atoms with Gasteiger partial charge in [0.1, 0.15) is 5.00 Å². The number of hydrogen-bond acceptors (Lipinski definition) is 7. The molecule has 0 saturated carbocycles. The van der Waals surface area contributed by atoms with Gasteiger partial charge in [-0.1, -0.05) is 6.92 Å². The molecular weight excluding hydrogens is 462 g/mol. The SMILES string of the molecule is CCOC(=O)c1c(NC(=O)c2ccc(S(=O)(=O)N(C)C(C)C)cc2)sc2c1CCN(CC)C2. The number of fused-ring (bicyclic) bond motifs is 1. The average Bonchev–Trinajstić information content (AvgIpc) is 3.15. The van der Waals surface area contributed by atoms with Crippen LogP contribution in [0.2, 0.25) is 0 Å². The Morgan fingerprint density at radius 2 is 1.88 bits per heavy atom. The first kappa shape index (κ1) is 25.4. The molecule has 0 atom stereocenters. The molecule has 0 aliphatic carbocycles. The van der Waals surface area contributed by atoms with Crippen LogP contribution in [-0.2, 0) is 27.7 Å². The highest BCUT2D eigenvalue weighted by atomic mass is 32.2. The minimum atomic E-state index is -3.64. The molecule has 10 heteroatoms. The summed E-state index contributed by atoms with van der Waals surface area (Å²) >= 11 is 1.40. The van der Waals surface area contributed by atoms with Crippen molar-refractivity contribution in [3.05, 3.63) is 45.8 Å². The summed E-state index contributed by atoms with van der Waals surface area (Å²) in [5.74, 6) is -0.846. The van der Waals surface area contributed by atoms with Crippen molar-refractivity contribution in [3.8, 4) is 0 Å². The molecule has 0 saturated heterocycles. The smallest absolute Gasteiger partial charge is 0.341 e. The first-order chi connectivity index (χ1) is 15.6. The van der Waals surface area contributed by atoms with Crippen molar-refractivity contribution in [2.24, 2.45) is 0 Å². The zero-order chi connectivity index (χ0) is 24.3. The molecule has 0 unspecified atom stereocenters. The molecule has 2 aromatic rings. The van der Waals surface area contributed by atoms with Crippen LogP contribution in [0.25, 0.3) is 0 Å². The van der Waals surface area contributed by atoms with Crippen LogP contribution in [0.15, 0.2) is 29.2 Å². The third-order valence-electron chi connectivity index (χ3n) is 5.81. The molecule has 0 spiro atoms. The van der Waals surface area contributed by atoms with Gasteiger partial charge in [0.2, 0.25) is 10.0 Å². The lowest BCUT2D eigenvalue weighted by molar-refractivity contribution is 0.0526. The summed E-state index contributed by atoms with van der Waals surface area (Å²) < 4.78 is 31.9. The number of benzene rings is 1. The van der Waals surface area contributed by atoms with Crippen LogP contribution in [0.4, 0.5) is 5.00 Å². The summed E-state index contributed by atoms with van der Waals surface area (Å²) in [7, 11) is -2.11. The molecule has 8 nitrogen and oxygen atoms in total. The van der Waals surface area contributed by atoms with Crippen LogP contribution >= 0.6 is 11.3 Å². The largest absolute Gasteiger partial charge is 0.462 e. The van der Waals surface area contributed by atoms with E-state index in [-0.39, 0.29) is 17.5 Å². The third kappa shape index (κ3) is 5.29. The molecule has 1 aliphatic heterocycles. The molecule has 1 aromatic carbocycles. The summed E-state index contributed by atoms with van der Waals surface area (Å²) in [6.07, 6.45) is 0.722. The topological polar surface area (TPSA) is 96.0 Å². The number of thiophene rings is 1. The second kappa shape index (κ2) is 10.3. The molecule has 180 valence electrons. The van der Waals surface area contributed by atoms with E-state index < -0.39 is 21.9 Å². The highest BCUT2D eigenvalue weighted by Gasteiger charge is 2.29. The summed E-state index contributed by atoms with van der Waals surface area (Å²) in [5, 5.41) is 3.33. The van der Waals surface area contributed by atoms with Crippen LogP contribution in [0.1, 0.15) is 58.9 Å². The fourth-order valence-electron chi connectivity index (χ4n) is 3.63. The first-order valence-corrected chi connectivity index (χ1v) is 13.3. The predicted molar refractivity (Wildman–Crippen MR) is 129 cm³/mol. The first-order valence-electron chi connectivity index (χ1n) is 11.0. The second-order valence-electron chi connectivity index (χ2n) is 8.14. The number of nitrogens with one attached hydrogen (secondary N) is 1. The normalized spacial score (nSPS) is 14.4. The van der Waals surface area contributed by atoms with Crippen LogP contribution in [0, 0.1) is 0 Å².